The number of esters is 1. The number of ether oxygens (including phenoxy) is 1. The topological polar surface area (TPSA) is 55.6 Å². The first-order valence-corrected chi connectivity index (χ1v) is 5.63. The van der Waals surface area contributed by atoms with Gasteiger partial charge in [-0.05, 0) is 31.2 Å². The summed E-state index contributed by atoms with van der Waals surface area (Å²) in [5.41, 5.74) is 6.32. The standard InChI is InChI=1S/C12H14F2N2O2/c1-2-18-10(17)8-3-5-9(6-4-8)16-7-12(13,14)11(16)15/h3-6,11H,2,7,15H2,1H3. The van der Waals surface area contributed by atoms with Gasteiger partial charge in [0.2, 0.25) is 0 Å². The summed E-state index contributed by atoms with van der Waals surface area (Å²) in [6, 6.07) is 6.25. The molecule has 4 nitrogen and oxygen atoms in total. The third-order valence-corrected chi connectivity index (χ3v) is 2.86. The van der Waals surface area contributed by atoms with Crippen molar-refractivity contribution in [2.75, 3.05) is 18.1 Å². The summed E-state index contributed by atoms with van der Waals surface area (Å²) >= 11 is 0. The second-order valence-corrected chi connectivity index (χ2v) is 4.10. The summed E-state index contributed by atoms with van der Waals surface area (Å²) < 4.78 is 30.7. The summed E-state index contributed by atoms with van der Waals surface area (Å²) in [5, 5.41) is 0. The van der Waals surface area contributed by atoms with Crippen molar-refractivity contribution in [1.29, 1.82) is 0 Å². The summed E-state index contributed by atoms with van der Waals surface area (Å²) in [6.07, 6.45) is -1.30. The number of benzene rings is 1. The van der Waals surface area contributed by atoms with Crippen molar-refractivity contribution in [3.63, 3.8) is 0 Å². The molecule has 1 aliphatic rings. The van der Waals surface area contributed by atoms with Crippen LogP contribution in [0.1, 0.15) is 17.3 Å². The molecule has 0 spiro atoms. The van der Waals surface area contributed by atoms with Crippen LogP contribution < -0.4 is 10.6 Å². The first-order valence-electron chi connectivity index (χ1n) is 5.63. The lowest BCUT2D eigenvalue weighted by molar-refractivity contribution is -0.0681. The van der Waals surface area contributed by atoms with E-state index in [2.05, 4.69) is 0 Å². The van der Waals surface area contributed by atoms with Crippen molar-refractivity contribution in [3.05, 3.63) is 29.8 Å². The number of hydrogen-bond acceptors (Lipinski definition) is 4. The second kappa shape index (κ2) is 4.53. The zero-order chi connectivity index (χ0) is 13.3. The average molecular weight is 256 g/mol. The minimum atomic E-state index is -2.85. The minimum Gasteiger partial charge on any atom is -0.462 e. The van der Waals surface area contributed by atoms with Crippen molar-refractivity contribution in [2.24, 2.45) is 5.73 Å². The molecule has 18 heavy (non-hydrogen) atoms. The third kappa shape index (κ3) is 2.15. The zero-order valence-corrected chi connectivity index (χ0v) is 9.90. The highest BCUT2D eigenvalue weighted by Gasteiger charge is 2.52. The van der Waals surface area contributed by atoms with Gasteiger partial charge in [0.1, 0.15) is 6.17 Å². The fraction of sp³-hybridized carbons (Fsp3) is 0.417. The van der Waals surface area contributed by atoms with Gasteiger partial charge in [0.25, 0.3) is 5.92 Å². The van der Waals surface area contributed by atoms with Crippen LogP contribution in [0.5, 0.6) is 0 Å². The van der Waals surface area contributed by atoms with E-state index in [9.17, 15) is 13.6 Å². The number of hydrogen-bond donors (Lipinski definition) is 1. The molecule has 0 aromatic heterocycles. The summed E-state index contributed by atoms with van der Waals surface area (Å²) in [7, 11) is 0. The Kier molecular flexibility index (Phi) is 3.21. The van der Waals surface area contributed by atoms with Gasteiger partial charge in [0.05, 0.1) is 18.7 Å². The van der Waals surface area contributed by atoms with Gasteiger partial charge < -0.3 is 15.4 Å². The monoisotopic (exact) mass is 256 g/mol. The molecule has 2 rings (SSSR count). The first kappa shape index (κ1) is 12.8. The largest absolute Gasteiger partial charge is 0.462 e. The fourth-order valence-electron chi connectivity index (χ4n) is 1.79. The maximum atomic E-state index is 12.9. The van der Waals surface area contributed by atoms with Gasteiger partial charge in [-0.25, -0.2) is 13.6 Å². The highest BCUT2D eigenvalue weighted by atomic mass is 19.3. The maximum Gasteiger partial charge on any atom is 0.338 e. The number of anilines is 1. The van der Waals surface area contributed by atoms with Gasteiger partial charge >= 0.3 is 5.97 Å². The number of nitrogens with two attached hydrogens (primary N) is 1. The Labute approximate surface area is 103 Å². The molecule has 0 saturated carbocycles. The van der Waals surface area contributed by atoms with E-state index in [0.29, 0.717) is 17.9 Å². The van der Waals surface area contributed by atoms with Crippen LogP contribution in [-0.2, 0) is 4.74 Å². The predicted molar refractivity (Wildman–Crippen MR) is 62.7 cm³/mol. The molecule has 1 saturated heterocycles. The molecule has 0 amide bonds. The Balaban J connectivity index is 2.07. The van der Waals surface area contributed by atoms with E-state index >= 15 is 0 Å². The van der Waals surface area contributed by atoms with Crippen molar-refractivity contribution >= 4 is 11.7 Å². The fourth-order valence-corrected chi connectivity index (χ4v) is 1.79. The molecule has 1 aliphatic heterocycles. The molecular weight excluding hydrogens is 242 g/mol. The Morgan fingerprint density at radius 3 is 2.56 bits per heavy atom. The van der Waals surface area contributed by atoms with Crippen LogP contribution in [0.3, 0.4) is 0 Å². The van der Waals surface area contributed by atoms with E-state index < -0.39 is 24.6 Å². The number of halogens is 2. The SMILES string of the molecule is CCOC(=O)c1ccc(N2CC(F)(F)C2N)cc1. The summed E-state index contributed by atoms with van der Waals surface area (Å²) in [6.45, 7) is 1.62. The normalized spacial score (nSPS) is 21.3. The number of rotatable bonds is 3. The Hall–Kier alpha value is -1.69. The molecular formula is C12H14F2N2O2. The van der Waals surface area contributed by atoms with E-state index in [0.717, 1.165) is 0 Å². The van der Waals surface area contributed by atoms with Crippen LogP contribution in [0.4, 0.5) is 14.5 Å². The number of carbonyl (C=O) groups is 1. The zero-order valence-electron chi connectivity index (χ0n) is 9.90. The minimum absolute atomic E-state index is 0.295. The quantitative estimate of drug-likeness (QED) is 0.835. The smallest absolute Gasteiger partial charge is 0.338 e. The lowest BCUT2D eigenvalue weighted by Gasteiger charge is -2.46. The highest BCUT2D eigenvalue weighted by molar-refractivity contribution is 5.89. The van der Waals surface area contributed by atoms with Crippen LogP contribution in [-0.4, -0.2) is 31.2 Å². The molecule has 2 N–H and O–H groups in total. The maximum absolute atomic E-state index is 12.9. The van der Waals surface area contributed by atoms with Crippen LogP contribution in [0.15, 0.2) is 24.3 Å². The molecule has 0 radical (unpaired) electrons. The Morgan fingerprint density at radius 2 is 2.11 bits per heavy atom. The first-order chi connectivity index (χ1) is 8.45. The predicted octanol–water partition coefficient (Wildman–Crippen LogP) is 1.60. The van der Waals surface area contributed by atoms with Crippen molar-refractivity contribution < 1.29 is 18.3 Å². The number of alkyl halides is 2. The van der Waals surface area contributed by atoms with E-state index in [1.165, 1.54) is 17.0 Å². The molecule has 6 heteroatoms. The van der Waals surface area contributed by atoms with E-state index in [1.54, 1.807) is 19.1 Å². The van der Waals surface area contributed by atoms with Gasteiger partial charge in [-0.2, -0.15) is 0 Å². The van der Waals surface area contributed by atoms with Crippen LogP contribution in [0, 0.1) is 0 Å². The molecule has 0 bridgehead atoms. The molecule has 1 aromatic carbocycles. The van der Waals surface area contributed by atoms with Crippen LogP contribution in [0.2, 0.25) is 0 Å². The molecule has 0 aliphatic carbocycles. The lowest BCUT2D eigenvalue weighted by atomic mass is 10.0. The molecule has 1 unspecified atom stereocenters. The van der Waals surface area contributed by atoms with Gasteiger partial charge in [-0.15, -0.1) is 0 Å². The van der Waals surface area contributed by atoms with Gasteiger partial charge in [0, 0.05) is 5.69 Å². The molecule has 1 aromatic rings. The van der Waals surface area contributed by atoms with E-state index in [1.807, 2.05) is 0 Å². The van der Waals surface area contributed by atoms with Crippen molar-refractivity contribution in [1.82, 2.24) is 0 Å². The molecule has 1 atom stereocenters. The Morgan fingerprint density at radius 1 is 1.50 bits per heavy atom. The van der Waals surface area contributed by atoms with E-state index in [-0.39, 0.29) is 0 Å². The summed E-state index contributed by atoms with van der Waals surface area (Å²) in [5.74, 6) is -3.28. The highest BCUT2D eigenvalue weighted by Crippen LogP contribution is 2.35. The van der Waals surface area contributed by atoms with Gasteiger partial charge in [0.15, 0.2) is 0 Å². The molecule has 1 fully saturated rings. The van der Waals surface area contributed by atoms with Crippen molar-refractivity contribution in [3.8, 4) is 0 Å². The van der Waals surface area contributed by atoms with Crippen LogP contribution in [0.25, 0.3) is 0 Å². The number of nitrogens with zero attached hydrogens (tertiary/aromatic N) is 1. The van der Waals surface area contributed by atoms with Gasteiger partial charge in [-0.3, -0.25) is 0 Å². The summed E-state index contributed by atoms with van der Waals surface area (Å²) in [4.78, 5) is 12.8. The van der Waals surface area contributed by atoms with Crippen molar-refractivity contribution in [2.45, 2.75) is 19.0 Å². The van der Waals surface area contributed by atoms with Gasteiger partial charge in [-0.1, -0.05) is 0 Å². The Bertz CT molecular complexity index is 448. The number of carbonyl (C=O) groups excluding carboxylic acids is 1. The molecule has 1 heterocycles. The lowest BCUT2D eigenvalue weighted by Crippen LogP contribution is -2.69. The average Bonchev–Trinajstić information content (AvgIpc) is 2.36. The third-order valence-electron chi connectivity index (χ3n) is 2.86. The molecule has 98 valence electrons. The van der Waals surface area contributed by atoms with Crippen LogP contribution >= 0.6 is 0 Å². The second-order valence-electron chi connectivity index (χ2n) is 4.10. The van der Waals surface area contributed by atoms with E-state index in [4.69, 9.17) is 10.5 Å².